The van der Waals surface area contributed by atoms with Gasteiger partial charge in [0, 0.05) is 17.3 Å². The van der Waals surface area contributed by atoms with Crippen molar-refractivity contribution >= 4 is 22.6 Å². The molecule has 1 saturated carbocycles. The van der Waals surface area contributed by atoms with Crippen LogP contribution in [0, 0.1) is 0 Å². The Kier molecular flexibility index (Phi) is 2.85. The van der Waals surface area contributed by atoms with Gasteiger partial charge < -0.3 is 9.73 Å². The molecule has 0 bridgehead atoms. The molecule has 2 aromatic rings. The lowest BCUT2D eigenvalue weighted by atomic mass is 10.0. The lowest BCUT2D eigenvalue weighted by Gasteiger charge is -2.16. The molecule has 2 unspecified atom stereocenters. The average Bonchev–Trinajstić information content (AvgIpc) is 2.94. The molecule has 1 heterocycles. The van der Waals surface area contributed by atoms with Crippen molar-refractivity contribution < 1.29 is 4.42 Å². The van der Waals surface area contributed by atoms with E-state index in [0.717, 1.165) is 16.7 Å². The molecule has 0 saturated heterocycles. The number of fused-ring (bicyclic) bond motifs is 1. The first-order valence-corrected chi connectivity index (χ1v) is 6.52. The Hall–Kier alpha value is -0.990. The summed E-state index contributed by atoms with van der Waals surface area (Å²) in [6, 6.07) is 8.57. The second-order valence-electron chi connectivity index (χ2n) is 4.74. The van der Waals surface area contributed by atoms with Crippen molar-refractivity contribution in [3.8, 4) is 0 Å². The van der Waals surface area contributed by atoms with Crippen LogP contribution in [0.2, 0.25) is 5.02 Å². The Bertz CT molecular complexity index is 534. The molecule has 2 atom stereocenters. The van der Waals surface area contributed by atoms with Crippen LogP contribution in [0.3, 0.4) is 0 Å². The maximum atomic E-state index is 6.14. The van der Waals surface area contributed by atoms with Gasteiger partial charge in [-0.15, -0.1) is 0 Å². The lowest BCUT2D eigenvalue weighted by molar-refractivity contribution is 0.435. The smallest absolute Gasteiger partial charge is 0.152 e. The molecule has 3 rings (SSSR count). The van der Waals surface area contributed by atoms with E-state index in [2.05, 4.69) is 17.4 Å². The van der Waals surface area contributed by atoms with Crippen molar-refractivity contribution in [3.05, 3.63) is 35.0 Å². The fraction of sp³-hybridized carbons (Fsp3) is 0.429. The Morgan fingerprint density at radius 2 is 2.24 bits per heavy atom. The van der Waals surface area contributed by atoms with Gasteiger partial charge in [-0.25, -0.2) is 0 Å². The summed E-state index contributed by atoms with van der Waals surface area (Å²) in [5.74, 6) is 1.56. The highest BCUT2D eigenvalue weighted by Gasteiger charge is 2.30. The molecule has 2 nitrogen and oxygen atoms in total. The van der Waals surface area contributed by atoms with Crippen LogP contribution in [0.15, 0.2) is 28.7 Å². The summed E-state index contributed by atoms with van der Waals surface area (Å²) in [5, 5.41) is 5.19. The maximum absolute atomic E-state index is 6.14. The summed E-state index contributed by atoms with van der Waals surface area (Å²) in [7, 11) is 2.03. The SMILES string of the molecule is CNC1CCCC1c1cc2cccc(Cl)c2o1. The molecular weight excluding hydrogens is 234 g/mol. The van der Waals surface area contributed by atoms with E-state index in [0.29, 0.717) is 17.0 Å². The molecule has 1 aliphatic carbocycles. The number of para-hydroxylation sites is 1. The number of hydrogen-bond donors (Lipinski definition) is 1. The van der Waals surface area contributed by atoms with Gasteiger partial charge in [0.2, 0.25) is 0 Å². The fourth-order valence-corrected chi connectivity index (χ4v) is 3.10. The van der Waals surface area contributed by atoms with Crippen LogP contribution < -0.4 is 5.32 Å². The van der Waals surface area contributed by atoms with E-state index >= 15 is 0 Å². The molecule has 1 aromatic heterocycles. The second kappa shape index (κ2) is 4.35. The van der Waals surface area contributed by atoms with E-state index in [1.807, 2.05) is 19.2 Å². The minimum Gasteiger partial charge on any atom is -0.459 e. The van der Waals surface area contributed by atoms with Crippen molar-refractivity contribution in [2.24, 2.45) is 0 Å². The number of likely N-dealkylation sites (N-methyl/N-ethyl adjacent to an activating group) is 1. The van der Waals surface area contributed by atoms with Crippen molar-refractivity contribution in [1.29, 1.82) is 0 Å². The second-order valence-corrected chi connectivity index (χ2v) is 5.15. The number of rotatable bonds is 2. The predicted molar refractivity (Wildman–Crippen MR) is 70.7 cm³/mol. The zero-order chi connectivity index (χ0) is 11.8. The molecule has 1 fully saturated rings. The molecule has 0 amide bonds. The minimum atomic E-state index is 0.489. The molecular formula is C14H16ClNO. The summed E-state index contributed by atoms with van der Waals surface area (Å²) >= 11 is 6.14. The number of furan rings is 1. The first-order valence-electron chi connectivity index (χ1n) is 6.15. The van der Waals surface area contributed by atoms with E-state index < -0.39 is 0 Å². The third-order valence-corrected chi connectivity index (χ3v) is 4.06. The van der Waals surface area contributed by atoms with Crippen LogP contribution in [0.5, 0.6) is 0 Å². The molecule has 0 aliphatic heterocycles. The summed E-state index contributed by atoms with van der Waals surface area (Å²) in [6.45, 7) is 0. The maximum Gasteiger partial charge on any atom is 0.152 e. The average molecular weight is 250 g/mol. The Balaban J connectivity index is 2.03. The zero-order valence-electron chi connectivity index (χ0n) is 9.87. The Morgan fingerprint density at radius 1 is 1.35 bits per heavy atom. The van der Waals surface area contributed by atoms with E-state index in [4.69, 9.17) is 16.0 Å². The van der Waals surface area contributed by atoms with Gasteiger partial charge in [-0.3, -0.25) is 0 Å². The van der Waals surface area contributed by atoms with Gasteiger partial charge in [-0.1, -0.05) is 30.2 Å². The van der Waals surface area contributed by atoms with E-state index in [1.165, 1.54) is 19.3 Å². The summed E-state index contributed by atoms with van der Waals surface area (Å²) < 4.78 is 5.94. The molecule has 3 heteroatoms. The number of nitrogens with one attached hydrogen (secondary N) is 1. The van der Waals surface area contributed by atoms with Gasteiger partial charge in [0.25, 0.3) is 0 Å². The van der Waals surface area contributed by atoms with Crippen molar-refractivity contribution in [2.45, 2.75) is 31.2 Å². The third-order valence-electron chi connectivity index (χ3n) is 3.77. The van der Waals surface area contributed by atoms with Gasteiger partial charge in [-0.05, 0) is 32.0 Å². The summed E-state index contributed by atoms with van der Waals surface area (Å²) in [6.07, 6.45) is 3.69. The van der Waals surface area contributed by atoms with Crippen molar-refractivity contribution in [1.82, 2.24) is 5.32 Å². The monoisotopic (exact) mass is 249 g/mol. The molecule has 1 aromatic carbocycles. The van der Waals surface area contributed by atoms with E-state index in [1.54, 1.807) is 0 Å². The number of benzene rings is 1. The summed E-state index contributed by atoms with van der Waals surface area (Å²) in [4.78, 5) is 0. The van der Waals surface area contributed by atoms with Crippen LogP contribution in [0.1, 0.15) is 30.9 Å². The van der Waals surface area contributed by atoms with Gasteiger partial charge in [-0.2, -0.15) is 0 Å². The summed E-state index contributed by atoms with van der Waals surface area (Å²) in [5.41, 5.74) is 0.825. The third kappa shape index (κ3) is 1.85. The van der Waals surface area contributed by atoms with Crippen molar-refractivity contribution in [3.63, 3.8) is 0 Å². The highest BCUT2D eigenvalue weighted by atomic mass is 35.5. The van der Waals surface area contributed by atoms with Gasteiger partial charge >= 0.3 is 0 Å². The van der Waals surface area contributed by atoms with Crippen LogP contribution in [0.25, 0.3) is 11.0 Å². The normalized spacial score (nSPS) is 24.6. The quantitative estimate of drug-likeness (QED) is 0.872. The number of hydrogen-bond acceptors (Lipinski definition) is 2. The van der Waals surface area contributed by atoms with Crippen molar-refractivity contribution in [2.75, 3.05) is 7.05 Å². The Labute approximate surface area is 106 Å². The topological polar surface area (TPSA) is 25.2 Å². The highest BCUT2D eigenvalue weighted by Crippen LogP contribution is 2.38. The van der Waals surface area contributed by atoms with Gasteiger partial charge in [0.05, 0.1) is 5.02 Å². The zero-order valence-corrected chi connectivity index (χ0v) is 10.6. The van der Waals surface area contributed by atoms with Crippen LogP contribution in [-0.2, 0) is 0 Å². The first-order chi connectivity index (χ1) is 8.29. The standard InChI is InChI=1S/C14H16ClNO/c1-16-12-7-3-5-10(12)13-8-9-4-2-6-11(15)14(9)17-13/h2,4,6,8,10,12,16H,3,5,7H2,1H3. The van der Waals surface area contributed by atoms with E-state index in [-0.39, 0.29) is 0 Å². The minimum absolute atomic E-state index is 0.489. The molecule has 0 spiro atoms. The van der Waals surface area contributed by atoms with E-state index in [9.17, 15) is 0 Å². The van der Waals surface area contributed by atoms with Crippen LogP contribution in [0.4, 0.5) is 0 Å². The largest absolute Gasteiger partial charge is 0.459 e. The molecule has 1 aliphatic rings. The van der Waals surface area contributed by atoms with Gasteiger partial charge in [0.1, 0.15) is 5.76 Å². The molecule has 1 N–H and O–H groups in total. The van der Waals surface area contributed by atoms with Crippen LogP contribution >= 0.6 is 11.6 Å². The van der Waals surface area contributed by atoms with Gasteiger partial charge in [0.15, 0.2) is 5.58 Å². The molecule has 17 heavy (non-hydrogen) atoms. The highest BCUT2D eigenvalue weighted by molar-refractivity contribution is 6.34. The lowest BCUT2D eigenvalue weighted by Crippen LogP contribution is -2.27. The first kappa shape index (κ1) is 11.1. The molecule has 90 valence electrons. The number of halogens is 1. The molecule has 0 radical (unpaired) electrons. The predicted octanol–water partition coefficient (Wildman–Crippen LogP) is 3.94. The Morgan fingerprint density at radius 3 is 3.00 bits per heavy atom. The fourth-order valence-electron chi connectivity index (χ4n) is 2.88. The van der Waals surface area contributed by atoms with Crippen LogP contribution in [-0.4, -0.2) is 13.1 Å².